The minimum atomic E-state index is 0.148. The number of amides is 1. The Bertz CT molecular complexity index is 339. The van der Waals surface area contributed by atoms with Crippen molar-refractivity contribution in [3.05, 3.63) is 0 Å². The molecule has 1 aliphatic rings. The van der Waals surface area contributed by atoms with E-state index in [4.69, 9.17) is 4.74 Å². The molecule has 0 unspecified atom stereocenters. The number of hydrogen-bond donors (Lipinski definition) is 2. The van der Waals surface area contributed by atoms with E-state index in [1.807, 2.05) is 6.92 Å². The number of carbonyl (C=O) groups is 1. The molecule has 6 nitrogen and oxygen atoms in total. The Hall–Kier alpha value is -1.30. The molecule has 128 valence electrons. The van der Waals surface area contributed by atoms with Gasteiger partial charge in [-0.25, -0.2) is 0 Å². The van der Waals surface area contributed by atoms with Gasteiger partial charge in [-0.15, -0.1) is 0 Å². The first-order valence-corrected chi connectivity index (χ1v) is 8.52. The van der Waals surface area contributed by atoms with Gasteiger partial charge in [-0.2, -0.15) is 0 Å². The maximum Gasteiger partial charge on any atom is 0.220 e. The van der Waals surface area contributed by atoms with E-state index in [-0.39, 0.29) is 5.91 Å². The lowest BCUT2D eigenvalue weighted by atomic mass is 9.93. The number of nitrogens with one attached hydrogen (secondary N) is 2. The molecule has 0 aromatic carbocycles. The lowest BCUT2D eigenvalue weighted by Gasteiger charge is -2.34. The van der Waals surface area contributed by atoms with Crippen molar-refractivity contribution in [3.8, 4) is 0 Å². The van der Waals surface area contributed by atoms with Crippen molar-refractivity contribution in [3.63, 3.8) is 0 Å². The van der Waals surface area contributed by atoms with Gasteiger partial charge < -0.3 is 20.3 Å². The van der Waals surface area contributed by atoms with Gasteiger partial charge in [-0.1, -0.05) is 0 Å². The van der Waals surface area contributed by atoms with E-state index < -0.39 is 0 Å². The predicted octanol–water partition coefficient (Wildman–Crippen LogP) is 1.23. The first-order chi connectivity index (χ1) is 10.7. The van der Waals surface area contributed by atoms with Gasteiger partial charge in [0.2, 0.25) is 5.91 Å². The SMILES string of the molecule is CCNC(=NCCCOCC)N1CCC(CC(=O)NC)CC1. The molecule has 22 heavy (non-hydrogen) atoms. The number of carbonyl (C=O) groups excluding carboxylic acids is 1. The lowest BCUT2D eigenvalue weighted by Crippen LogP contribution is -2.46. The first kappa shape index (κ1) is 18.7. The van der Waals surface area contributed by atoms with Gasteiger partial charge in [0.1, 0.15) is 0 Å². The zero-order valence-corrected chi connectivity index (χ0v) is 14.4. The van der Waals surface area contributed by atoms with E-state index in [9.17, 15) is 4.79 Å². The van der Waals surface area contributed by atoms with Crippen molar-refractivity contribution in [2.45, 2.75) is 39.5 Å². The third kappa shape index (κ3) is 7.11. The molecule has 0 aromatic heterocycles. The van der Waals surface area contributed by atoms with Crippen LogP contribution in [0.3, 0.4) is 0 Å². The molecule has 1 heterocycles. The van der Waals surface area contributed by atoms with E-state index in [0.29, 0.717) is 12.3 Å². The highest BCUT2D eigenvalue weighted by Gasteiger charge is 2.22. The fourth-order valence-electron chi connectivity index (χ4n) is 2.63. The summed E-state index contributed by atoms with van der Waals surface area (Å²) in [6.45, 7) is 9.25. The number of hydrogen-bond acceptors (Lipinski definition) is 3. The van der Waals surface area contributed by atoms with E-state index in [2.05, 4.69) is 27.4 Å². The van der Waals surface area contributed by atoms with Crippen LogP contribution in [0.4, 0.5) is 0 Å². The van der Waals surface area contributed by atoms with E-state index in [0.717, 1.165) is 64.6 Å². The largest absolute Gasteiger partial charge is 0.382 e. The standard InChI is InChI=1S/C16H32N4O2/c1-4-18-16(19-9-6-12-22-5-2)20-10-7-14(8-11-20)13-15(21)17-3/h14H,4-13H2,1-3H3,(H,17,21)(H,18,19). The lowest BCUT2D eigenvalue weighted by molar-refractivity contribution is -0.121. The molecule has 0 bridgehead atoms. The van der Waals surface area contributed by atoms with Crippen LogP contribution in [0.25, 0.3) is 0 Å². The first-order valence-electron chi connectivity index (χ1n) is 8.52. The summed E-state index contributed by atoms with van der Waals surface area (Å²) in [7, 11) is 1.70. The average molecular weight is 312 g/mol. The van der Waals surface area contributed by atoms with Crippen LogP contribution in [0.15, 0.2) is 4.99 Å². The summed E-state index contributed by atoms with van der Waals surface area (Å²) in [5.41, 5.74) is 0. The molecule has 0 aromatic rings. The molecule has 0 radical (unpaired) electrons. The fraction of sp³-hybridized carbons (Fsp3) is 0.875. The minimum Gasteiger partial charge on any atom is -0.382 e. The summed E-state index contributed by atoms with van der Waals surface area (Å²) in [5, 5.41) is 6.08. The number of ether oxygens (including phenoxy) is 1. The second-order valence-corrected chi connectivity index (χ2v) is 5.59. The number of likely N-dealkylation sites (tertiary alicyclic amines) is 1. The highest BCUT2D eigenvalue weighted by atomic mass is 16.5. The molecule has 1 amide bonds. The minimum absolute atomic E-state index is 0.148. The molecule has 1 fully saturated rings. The van der Waals surface area contributed by atoms with E-state index in [1.54, 1.807) is 7.05 Å². The molecule has 6 heteroatoms. The number of rotatable bonds is 8. The highest BCUT2D eigenvalue weighted by Crippen LogP contribution is 2.20. The Morgan fingerprint density at radius 2 is 2.05 bits per heavy atom. The van der Waals surface area contributed by atoms with Crippen molar-refractivity contribution in [2.75, 3.05) is 46.4 Å². The summed E-state index contributed by atoms with van der Waals surface area (Å²) >= 11 is 0. The normalized spacial score (nSPS) is 16.7. The topological polar surface area (TPSA) is 66.0 Å². The molecule has 0 spiro atoms. The Balaban J connectivity index is 2.39. The van der Waals surface area contributed by atoms with Gasteiger partial charge in [0, 0.05) is 52.9 Å². The average Bonchev–Trinajstić information content (AvgIpc) is 2.54. The maximum absolute atomic E-state index is 11.5. The van der Waals surface area contributed by atoms with Crippen molar-refractivity contribution >= 4 is 11.9 Å². The van der Waals surface area contributed by atoms with Crippen molar-refractivity contribution in [1.82, 2.24) is 15.5 Å². The van der Waals surface area contributed by atoms with E-state index >= 15 is 0 Å². The Kier molecular flexibility index (Phi) is 9.62. The molecule has 2 N–H and O–H groups in total. The van der Waals surface area contributed by atoms with E-state index in [1.165, 1.54) is 0 Å². The zero-order valence-electron chi connectivity index (χ0n) is 14.4. The van der Waals surface area contributed by atoms with Crippen LogP contribution in [0, 0.1) is 5.92 Å². The molecular formula is C16H32N4O2. The second-order valence-electron chi connectivity index (χ2n) is 5.59. The quantitative estimate of drug-likeness (QED) is 0.402. The number of aliphatic imine (C=N–C) groups is 1. The maximum atomic E-state index is 11.5. The van der Waals surface area contributed by atoms with Crippen LogP contribution in [-0.2, 0) is 9.53 Å². The zero-order chi connectivity index (χ0) is 16.2. The molecule has 0 aliphatic carbocycles. The van der Waals surface area contributed by atoms with Crippen molar-refractivity contribution in [1.29, 1.82) is 0 Å². The molecule has 0 saturated carbocycles. The van der Waals surface area contributed by atoms with Crippen LogP contribution in [-0.4, -0.2) is 63.2 Å². The number of piperidine rings is 1. The van der Waals surface area contributed by atoms with Gasteiger partial charge in [0.15, 0.2) is 5.96 Å². The Morgan fingerprint density at radius 3 is 2.64 bits per heavy atom. The third-order valence-corrected chi connectivity index (χ3v) is 3.91. The monoisotopic (exact) mass is 312 g/mol. The summed E-state index contributed by atoms with van der Waals surface area (Å²) in [4.78, 5) is 18.4. The van der Waals surface area contributed by atoms with Gasteiger partial charge in [0.05, 0.1) is 0 Å². The van der Waals surface area contributed by atoms with Gasteiger partial charge in [0.25, 0.3) is 0 Å². The summed E-state index contributed by atoms with van der Waals surface area (Å²) < 4.78 is 5.34. The fourth-order valence-corrected chi connectivity index (χ4v) is 2.63. The molecule has 1 saturated heterocycles. The Morgan fingerprint density at radius 1 is 1.32 bits per heavy atom. The third-order valence-electron chi connectivity index (χ3n) is 3.91. The molecule has 1 rings (SSSR count). The van der Waals surface area contributed by atoms with Crippen molar-refractivity contribution < 1.29 is 9.53 Å². The number of nitrogens with zero attached hydrogens (tertiary/aromatic N) is 2. The summed E-state index contributed by atoms with van der Waals surface area (Å²) in [5.74, 6) is 1.64. The second kappa shape index (κ2) is 11.3. The predicted molar refractivity (Wildman–Crippen MR) is 90.1 cm³/mol. The smallest absolute Gasteiger partial charge is 0.220 e. The van der Waals surface area contributed by atoms with Crippen LogP contribution in [0.1, 0.15) is 39.5 Å². The number of guanidine groups is 1. The summed E-state index contributed by atoms with van der Waals surface area (Å²) in [6.07, 6.45) is 3.70. The highest BCUT2D eigenvalue weighted by molar-refractivity contribution is 5.80. The van der Waals surface area contributed by atoms with Crippen molar-refractivity contribution in [2.24, 2.45) is 10.9 Å². The van der Waals surface area contributed by atoms with Gasteiger partial charge in [-0.3, -0.25) is 9.79 Å². The van der Waals surface area contributed by atoms with Crippen LogP contribution in [0.2, 0.25) is 0 Å². The van der Waals surface area contributed by atoms with Crippen LogP contribution < -0.4 is 10.6 Å². The molecule has 0 atom stereocenters. The molecular weight excluding hydrogens is 280 g/mol. The molecule has 1 aliphatic heterocycles. The summed E-state index contributed by atoms with van der Waals surface area (Å²) in [6, 6.07) is 0. The Labute approximate surface area is 134 Å². The van der Waals surface area contributed by atoms with Crippen LogP contribution in [0.5, 0.6) is 0 Å². The van der Waals surface area contributed by atoms with Gasteiger partial charge in [-0.05, 0) is 39.0 Å². The van der Waals surface area contributed by atoms with Crippen LogP contribution >= 0.6 is 0 Å². The van der Waals surface area contributed by atoms with Gasteiger partial charge >= 0.3 is 0 Å².